The molecule has 0 saturated carbocycles. The maximum Gasteiger partial charge on any atom is 0.407 e. The van der Waals surface area contributed by atoms with Crippen molar-refractivity contribution in [2.75, 3.05) is 31.2 Å². The highest BCUT2D eigenvalue weighted by Crippen LogP contribution is 2.44. The molecule has 7 nitrogen and oxygen atoms in total. The molecular weight excluding hydrogens is 452 g/mol. The Hall–Kier alpha value is -3.00. The Bertz CT molecular complexity index is 936. The molecule has 3 rings (SSSR count). The molecule has 0 unspecified atom stereocenters. The molecule has 34 heavy (non-hydrogen) atoms. The van der Waals surface area contributed by atoms with E-state index < -0.39 is 12.1 Å². The lowest BCUT2D eigenvalue weighted by Crippen LogP contribution is -2.27. The van der Waals surface area contributed by atoms with Gasteiger partial charge in [0.2, 0.25) is 5.91 Å². The summed E-state index contributed by atoms with van der Waals surface area (Å²) in [5.74, 6) is -0.142. The quantitative estimate of drug-likeness (QED) is 0.343. The molecule has 2 aromatic rings. The van der Waals surface area contributed by atoms with Crippen molar-refractivity contribution in [3.8, 4) is 11.1 Å². The van der Waals surface area contributed by atoms with Crippen molar-refractivity contribution in [3.05, 3.63) is 59.7 Å². The number of nitrogens with one attached hydrogen (secondary N) is 2. The van der Waals surface area contributed by atoms with Crippen LogP contribution in [0.2, 0.25) is 0 Å². The fraction of sp³-hybridized carbons (Fsp3) is 0.423. The summed E-state index contributed by atoms with van der Waals surface area (Å²) < 4.78 is 5.53. The van der Waals surface area contributed by atoms with Crippen LogP contribution in [0, 0.1) is 0 Å². The molecule has 3 N–H and O–H groups in total. The largest absolute Gasteiger partial charge is 0.481 e. The maximum atomic E-state index is 12.2. The first-order chi connectivity index (χ1) is 16.6. The van der Waals surface area contributed by atoms with Gasteiger partial charge in [0, 0.05) is 31.2 Å². The predicted octanol–water partition coefficient (Wildman–Crippen LogP) is 4.41. The minimum atomic E-state index is -0.843. The molecule has 0 bridgehead atoms. The standard InChI is InChI=1S/C26H32N2O5S/c29-24(27-15-16-34-18-25(30)31)13-3-1-2-8-14-28-26(32)33-17-23-21-11-6-4-9-19(21)20-10-5-7-12-22(20)23/h4-7,9-12,23H,1-3,8,13-18H2,(H,27,29)(H,28,32)(H,30,31). The number of thioether (sulfide) groups is 1. The van der Waals surface area contributed by atoms with Crippen LogP contribution in [-0.2, 0) is 14.3 Å². The van der Waals surface area contributed by atoms with Crippen molar-refractivity contribution in [1.29, 1.82) is 0 Å². The summed E-state index contributed by atoms with van der Waals surface area (Å²) in [6.07, 6.45) is 3.51. The number of carbonyl (C=O) groups excluding carboxylic acids is 2. The molecule has 182 valence electrons. The third-order valence-electron chi connectivity index (χ3n) is 5.74. The fourth-order valence-corrected chi connectivity index (χ4v) is 4.68. The average Bonchev–Trinajstić information content (AvgIpc) is 3.15. The Kier molecular flexibility index (Phi) is 10.3. The summed E-state index contributed by atoms with van der Waals surface area (Å²) in [6, 6.07) is 16.5. The predicted molar refractivity (Wildman–Crippen MR) is 134 cm³/mol. The van der Waals surface area contributed by atoms with Crippen LogP contribution in [0.3, 0.4) is 0 Å². The van der Waals surface area contributed by atoms with Gasteiger partial charge in [0.05, 0.1) is 5.75 Å². The number of hydrogen-bond acceptors (Lipinski definition) is 5. The molecule has 0 spiro atoms. The number of alkyl carbamates (subject to hydrolysis) is 1. The number of carbonyl (C=O) groups is 3. The molecule has 2 aromatic carbocycles. The van der Waals surface area contributed by atoms with E-state index in [0.29, 0.717) is 31.9 Å². The van der Waals surface area contributed by atoms with Crippen molar-refractivity contribution in [2.45, 2.75) is 38.0 Å². The minimum Gasteiger partial charge on any atom is -0.481 e. The van der Waals surface area contributed by atoms with Gasteiger partial charge in [0.15, 0.2) is 0 Å². The number of fused-ring (bicyclic) bond motifs is 3. The van der Waals surface area contributed by atoms with Gasteiger partial charge < -0.3 is 20.5 Å². The molecule has 1 aliphatic carbocycles. The average molecular weight is 485 g/mol. The number of amides is 2. The van der Waals surface area contributed by atoms with Crippen LogP contribution in [0.5, 0.6) is 0 Å². The zero-order chi connectivity index (χ0) is 24.2. The third-order valence-corrected chi connectivity index (χ3v) is 6.68. The molecule has 0 heterocycles. The molecule has 8 heteroatoms. The van der Waals surface area contributed by atoms with Crippen LogP contribution in [0.4, 0.5) is 4.79 Å². The van der Waals surface area contributed by atoms with Crippen molar-refractivity contribution >= 4 is 29.7 Å². The number of unbranched alkanes of at least 4 members (excludes halogenated alkanes) is 3. The highest BCUT2D eigenvalue weighted by Gasteiger charge is 2.28. The summed E-state index contributed by atoms with van der Waals surface area (Å²) >= 11 is 1.29. The lowest BCUT2D eigenvalue weighted by Gasteiger charge is -2.14. The topological polar surface area (TPSA) is 105 Å². The normalized spacial score (nSPS) is 12.0. The maximum absolute atomic E-state index is 12.2. The van der Waals surface area contributed by atoms with E-state index in [0.717, 1.165) is 25.7 Å². The van der Waals surface area contributed by atoms with Crippen molar-refractivity contribution in [1.82, 2.24) is 10.6 Å². The van der Waals surface area contributed by atoms with Crippen molar-refractivity contribution in [3.63, 3.8) is 0 Å². The molecule has 0 aromatic heterocycles. The van der Waals surface area contributed by atoms with Gasteiger partial charge >= 0.3 is 12.1 Å². The van der Waals surface area contributed by atoms with E-state index in [1.54, 1.807) is 0 Å². The number of carboxylic acid groups (broad SMARTS) is 1. The first-order valence-electron chi connectivity index (χ1n) is 11.7. The summed E-state index contributed by atoms with van der Waals surface area (Å²) in [7, 11) is 0. The van der Waals surface area contributed by atoms with Gasteiger partial charge in [-0.2, -0.15) is 0 Å². The summed E-state index contributed by atoms with van der Waals surface area (Å²) in [4.78, 5) is 34.3. The Labute approximate surface area is 204 Å². The van der Waals surface area contributed by atoms with Crippen LogP contribution < -0.4 is 10.6 Å². The SMILES string of the molecule is O=C(O)CSCCNC(=O)CCCCCCNC(=O)OCC1c2ccccc2-c2ccccc21. The van der Waals surface area contributed by atoms with E-state index in [-0.39, 0.29) is 17.6 Å². The second-order valence-corrected chi connectivity index (χ2v) is 9.32. The van der Waals surface area contributed by atoms with E-state index in [1.807, 2.05) is 24.3 Å². The number of ether oxygens (including phenoxy) is 1. The van der Waals surface area contributed by atoms with Gasteiger partial charge in [-0.15, -0.1) is 11.8 Å². The minimum absolute atomic E-state index is 0.00677. The Morgan fingerprint density at radius 3 is 2.18 bits per heavy atom. The first-order valence-corrected chi connectivity index (χ1v) is 12.9. The van der Waals surface area contributed by atoms with Crippen LogP contribution >= 0.6 is 11.8 Å². The van der Waals surface area contributed by atoms with Gasteiger partial charge in [-0.1, -0.05) is 61.4 Å². The van der Waals surface area contributed by atoms with Crippen LogP contribution in [0.25, 0.3) is 11.1 Å². The number of rotatable bonds is 14. The summed E-state index contributed by atoms with van der Waals surface area (Å²) in [5.41, 5.74) is 4.80. The third kappa shape index (κ3) is 7.80. The number of benzene rings is 2. The zero-order valence-electron chi connectivity index (χ0n) is 19.3. The van der Waals surface area contributed by atoms with Crippen LogP contribution in [0.15, 0.2) is 48.5 Å². The second-order valence-electron chi connectivity index (χ2n) is 8.21. The number of carboxylic acids is 1. The van der Waals surface area contributed by atoms with Crippen molar-refractivity contribution in [2.24, 2.45) is 0 Å². The molecule has 2 amide bonds. The van der Waals surface area contributed by atoms with Gasteiger partial charge in [-0.25, -0.2) is 4.79 Å². The van der Waals surface area contributed by atoms with Crippen LogP contribution in [-0.4, -0.2) is 54.3 Å². The van der Waals surface area contributed by atoms with Gasteiger partial charge in [-0.3, -0.25) is 9.59 Å². The molecule has 0 aliphatic heterocycles. The fourth-order valence-electron chi connectivity index (χ4n) is 4.11. The molecule has 0 radical (unpaired) electrons. The van der Waals surface area contributed by atoms with Crippen LogP contribution in [0.1, 0.15) is 49.1 Å². The lowest BCUT2D eigenvalue weighted by atomic mass is 9.98. The number of aliphatic carboxylic acids is 1. The van der Waals surface area contributed by atoms with E-state index in [9.17, 15) is 14.4 Å². The summed E-state index contributed by atoms with van der Waals surface area (Å²) in [6.45, 7) is 1.34. The van der Waals surface area contributed by atoms with E-state index in [2.05, 4.69) is 34.9 Å². The Morgan fingerprint density at radius 1 is 0.853 bits per heavy atom. The highest BCUT2D eigenvalue weighted by atomic mass is 32.2. The molecule has 0 fully saturated rings. The molecular formula is C26H32N2O5S. The van der Waals surface area contributed by atoms with Gasteiger partial charge in [0.1, 0.15) is 6.61 Å². The molecule has 0 atom stereocenters. The van der Waals surface area contributed by atoms with E-state index in [4.69, 9.17) is 9.84 Å². The second kappa shape index (κ2) is 13.6. The number of hydrogen-bond donors (Lipinski definition) is 3. The Balaban J connectivity index is 1.24. The first kappa shape index (κ1) is 25.6. The smallest absolute Gasteiger partial charge is 0.407 e. The Morgan fingerprint density at radius 2 is 1.50 bits per heavy atom. The van der Waals surface area contributed by atoms with E-state index in [1.165, 1.54) is 34.0 Å². The lowest BCUT2D eigenvalue weighted by molar-refractivity contribution is -0.133. The van der Waals surface area contributed by atoms with Gasteiger partial charge in [0.25, 0.3) is 0 Å². The summed E-state index contributed by atoms with van der Waals surface area (Å²) in [5, 5.41) is 14.2. The van der Waals surface area contributed by atoms with Crippen molar-refractivity contribution < 1.29 is 24.2 Å². The highest BCUT2D eigenvalue weighted by molar-refractivity contribution is 7.99. The van der Waals surface area contributed by atoms with E-state index >= 15 is 0 Å². The van der Waals surface area contributed by atoms with Gasteiger partial charge in [-0.05, 0) is 35.1 Å². The molecule has 1 aliphatic rings. The zero-order valence-corrected chi connectivity index (χ0v) is 20.1. The molecule has 0 saturated heterocycles. The monoisotopic (exact) mass is 484 g/mol.